The molecule has 2 fully saturated rings. The van der Waals surface area contributed by atoms with Crippen molar-refractivity contribution in [3.63, 3.8) is 0 Å². The Morgan fingerprint density at radius 1 is 0.557 bits per heavy atom. The average molecular weight is 1040 g/mol. The molecular weight excluding hydrogens is 999 g/mol. The first-order chi connectivity index (χ1) is 33.0. The fraction of sp³-hybridized carbons (Fsp3) is 0.429. The Balaban J connectivity index is 0.974. The third kappa shape index (κ3) is 14.6. The molecule has 0 bridgehead atoms. The van der Waals surface area contributed by atoms with E-state index in [-0.39, 0.29) is 48.8 Å². The number of benzene rings is 2. The molecule has 18 nitrogen and oxygen atoms in total. The maximum absolute atomic E-state index is 13.8. The number of hydrogen-bond donors (Lipinski definition) is 0. The zero-order chi connectivity index (χ0) is 50.9. The summed E-state index contributed by atoms with van der Waals surface area (Å²) < 4.78 is 116. The fourth-order valence-electron chi connectivity index (χ4n) is 7.39. The summed E-state index contributed by atoms with van der Waals surface area (Å²) in [6.07, 6.45) is -6.27. The topological polar surface area (TPSA) is 172 Å². The van der Waals surface area contributed by atoms with Crippen molar-refractivity contribution in [1.29, 1.82) is 0 Å². The minimum Gasteiger partial charge on any atom is -0.482 e. The Bertz CT molecular complexity index is 2620. The predicted octanol–water partition coefficient (Wildman–Crippen LogP) is 3.39. The van der Waals surface area contributed by atoms with Crippen molar-refractivity contribution in [2.24, 2.45) is 0 Å². The first kappa shape index (κ1) is 53.0. The van der Waals surface area contributed by atoms with Gasteiger partial charge in [-0.1, -0.05) is 23.2 Å². The number of piperazine rings is 2. The SMILES string of the molecule is O=C(/C=C/C(=O)On1cc(Cl)c(=O)n(CCCN2CCN(c3ccc(F)cc3OCC(F)(F)F)CC2)c1=O)On1cc(Cl)c(=O)n(CCCN2CCN(c3ccc(F)cc3OCC(F)(F)F)CC2)c1=O. The third-order valence-electron chi connectivity index (χ3n) is 10.7. The number of hydrogen-bond acceptors (Lipinski definition) is 14. The van der Waals surface area contributed by atoms with Crippen LogP contribution >= 0.6 is 23.2 Å². The smallest absolute Gasteiger partial charge is 0.422 e. The van der Waals surface area contributed by atoms with Crippen LogP contribution in [0.3, 0.4) is 0 Å². The predicted molar refractivity (Wildman–Crippen MR) is 235 cm³/mol. The Kier molecular flexibility index (Phi) is 17.4. The average Bonchev–Trinajstić information content (AvgIpc) is 3.30. The molecule has 2 aliphatic heterocycles. The molecule has 2 aromatic heterocycles. The van der Waals surface area contributed by atoms with E-state index in [0.29, 0.717) is 96.2 Å². The molecule has 0 aliphatic carbocycles. The van der Waals surface area contributed by atoms with Crippen molar-refractivity contribution in [2.45, 2.75) is 38.3 Å². The Morgan fingerprint density at radius 2 is 0.914 bits per heavy atom. The van der Waals surface area contributed by atoms with E-state index in [9.17, 15) is 63.9 Å². The molecule has 0 saturated carbocycles. The minimum atomic E-state index is -4.63. The lowest BCUT2D eigenvalue weighted by molar-refractivity contribution is -0.154. The van der Waals surface area contributed by atoms with Gasteiger partial charge in [-0.25, -0.2) is 28.0 Å². The number of nitrogens with zero attached hydrogens (tertiary/aromatic N) is 8. The van der Waals surface area contributed by atoms with Crippen LogP contribution in [0.15, 0.2) is 80.1 Å². The summed E-state index contributed by atoms with van der Waals surface area (Å²) >= 11 is 12.1. The zero-order valence-corrected chi connectivity index (χ0v) is 38.0. The summed E-state index contributed by atoms with van der Waals surface area (Å²) in [4.78, 5) is 94.5. The molecule has 0 N–H and O–H groups in total. The summed E-state index contributed by atoms with van der Waals surface area (Å²) in [5, 5.41) is -1.00. The summed E-state index contributed by atoms with van der Waals surface area (Å²) in [6.45, 7) is 0.114. The molecule has 70 heavy (non-hydrogen) atoms. The van der Waals surface area contributed by atoms with Crippen molar-refractivity contribution in [3.05, 3.63) is 124 Å². The summed E-state index contributed by atoms with van der Waals surface area (Å²) in [5.41, 5.74) is -3.43. The molecule has 4 heterocycles. The van der Waals surface area contributed by atoms with Crippen molar-refractivity contribution in [3.8, 4) is 11.5 Å². The van der Waals surface area contributed by atoms with Gasteiger partial charge in [-0.15, -0.1) is 9.46 Å². The number of aromatic nitrogens is 4. The molecule has 0 radical (unpaired) electrons. The van der Waals surface area contributed by atoms with Crippen LogP contribution in [-0.2, 0) is 22.7 Å². The normalized spacial score (nSPS) is 15.1. The van der Waals surface area contributed by atoms with Gasteiger partial charge in [-0.2, -0.15) is 26.3 Å². The first-order valence-electron chi connectivity index (χ1n) is 21.1. The zero-order valence-electron chi connectivity index (χ0n) is 36.5. The highest BCUT2D eigenvalue weighted by molar-refractivity contribution is 6.30. The summed E-state index contributed by atoms with van der Waals surface area (Å²) in [5.74, 6) is -4.69. The summed E-state index contributed by atoms with van der Waals surface area (Å²) in [6, 6.07) is 6.63. The number of halogens is 10. The number of ether oxygens (including phenoxy) is 2. The Morgan fingerprint density at radius 3 is 1.26 bits per heavy atom. The highest BCUT2D eigenvalue weighted by atomic mass is 35.5. The van der Waals surface area contributed by atoms with Crippen LogP contribution < -0.4 is 51.4 Å². The van der Waals surface area contributed by atoms with Crippen LogP contribution in [0.25, 0.3) is 0 Å². The third-order valence-corrected chi connectivity index (χ3v) is 11.2. The van der Waals surface area contributed by atoms with Gasteiger partial charge in [-0.05, 0) is 50.2 Å². The second-order valence-corrected chi connectivity index (χ2v) is 16.4. The lowest BCUT2D eigenvalue weighted by atomic mass is 10.2. The van der Waals surface area contributed by atoms with Crippen molar-refractivity contribution in [1.82, 2.24) is 28.4 Å². The monoisotopic (exact) mass is 1040 g/mol. The van der Waals surface area contributed by atoms with Gasteiger partial charge in [0.2, 0.25) is 0 Å². The summed E-state index contributed by atoms with van der Waals surface area (Å²) in [7, 11) is 0. The van der Waals surface area contributed by atoms with Crippen molar-refractivity contribution >= 4 is 46.5 Å². The molecule has 0 spiro atoms. The van der Waals surface area contributed by atoms with Crippen LogP contribution in [0.1, 0.15) is 12.8 Å². The second-order valence-electron chi connectivity index (χ2n) is 15.6. The Labute approximate surface area is 400 Å². The standard InChI is InChI=1S/C42H42Cl2F8N8O10/c43-29-23-59(39(65)57(37(29)63)11-1-9-53-13-17-55(18-14-53)31-5-3-27(45)21-33(31)67-25-41(47,48)49)69-35(61)7-8-36(62)70-60-24-30(44)38(64)58(40(60)66)12-2-10-54-15-19-56(20-16-54)32-6-4-28(46)22-34(32)68-26-42(50,51)52/h3-8,21-24H,1-2,9-20,25-26H2/b8-7+. The molecule has 28 heteroatoms. The minimum absolute atomic E-state index is 0.183. The maximum Gasteiger partial charge on any atom is 0.422 e. The molecule has 6 rings (SSSR count). The number of carbonyl (C=O) groups excluding carboxylic acids is 2. The van der Waals surface area contributed by atoms with E-state index >= 15 is 0 Å². The number of rotatable bonds is 18. The molecule has 0 atom stereocenters. The van der Waals surface area contributed by atoms with E-state index in [2.05, 4.69) is 0 Å². The van der Waals surface area contributed by atoms with Crippen LogP contribution in [0.5, 0.6) is 11.5 Å². The number of anilines is 2. The van der Waals surface area contributed by atoms with Gasteiger partial charge in [-0.3, -0.25) is 28.5 Å². The number of carbonyl (C=O) groups is 2. The van der Waals surface area contributed by atoms with Gasteiger partial charge in [0.05, 0.1) is 23.8 Å². The van der Waals surface area contributed by atoms with E-state index in [4.69, 9.17) is 42.4 Å². The fourth-order valence-corrected chi connectivity index (χ4v) is 7.77. The van der Waals surface area contributed by atoms with E-state index in [1.807, 2.05) is 9.80 Å². The van der Waals surface area contributed by atoms with Gasteiger partial charge in [0.25, 0.3) is 11.1 Å². The molecule has 0 amide bonds. The van der Waals surface area contributed by atoms with Crippen LogP contribution in [-0.4, -0.2) is 131 Å². The maximum atomic E-state index is 13.8. The van der Waals surface area contributed by atoms with E-state index in [1.54, 1.807) is 9.80 Å². The highest BCUT2D eigenvalue weighted by Gasteiger charge is 2.31. The van der Waals surface area contributed by atoms with E-state index < -0.39 is 81.7 Å². The van der Waals surface area contributed by atoms with Gasteiger partial charge in [0.15, 0.2) is 13.2 Å². The lowest BCUT2D eigenvalue weighted by Crippen LogP contribution is -2.47. The van der Waals surface area contributed by atoms with Crippen LogP contribution in [0.2, 0.25) is 10.0 Å². The molecule has 0 unspecified atom stereocenters. The largest absolute Gasteiger partial charge is 0.482 e. The molecule has 4 aromatic rings. The van der Waals surface area contributed by atoms with E-state index in [0.717, 1.165) is 36.7 Å². The molecule has 380 valence electrons. The number of alkyl halides is 6. The quantitative estimate of drug-likeness (QED) is 0.105. The van der Waals surface area contributed by atoms with Crippen LogP contribution in [0.4, 0.5) is 46.5 Å². The molecule has 2 aromatic carbocycles. The van der Waals surface area contributed by atoms with E-state index in [1.165, 1.54) is 12.1 Å². The van der Waals surface area contributed by atoms with Crippen LogP contribution in [0, 0.1) is 11.6 Å². The van der Waals surface area contributed by atoms with Gasteiger partial charge < -0.3 is 28.9 Å². The first-order valence-corrected chi connectivity index (χ1v) is 21.9. The van der Waals surface area contributed by atoms with Gasteiger partial charge in [0, 0.05) is 89.7 Å². The Hall–Kier alpha value is -6.38. The molecular formula is C42H42Cl2F8N8O10. The van der Waals surface area contributed by atoms with Crippen molar-refractivity contribution in [2.75, 3.05) is 88.5 Å². The molecule has 2 aliphatic rings. The highest BCUT2D eigenvalue weighted by Crippen LogP contribution is 2.33. The van der Waals surface area contributed by atoms with Crippen molar-refractivity contribution < 1.29 is 63.9 Å². The lowest BCUT2D eigenvalue weighted by Gasteiger charge is -2.36. The van der Waals surface area contributed by atoms with Gasteiger partial charge in [0.1, 0.15) is 33.2 Å². The van der Waals surface area contributed by atoms with Gasteiger partial charge >= 0.3 is 35.7 Å². The second kappa shape index (κ2) is 23.0. The molecule has 2 saturated heterocycles.